The van der Waals surface area contributed by atoms with Crippen LogP contribution in [-0.4, -0.2) is 15.6 Å². The van der Waals surface area contributed by atoms with Crippen molar-refractivity contribution >= 4 is 8.38 Å². The third-order valence-electron chi connectivity index (χ3n) is 4.18. The molecule has 0 heterocycles. The maximum atomic E-state index is 9.97. The first kappa shape index (κ1) is 17.8. The summed E-state index contributed by atoms with van der Waals surface area (Å²) in [4.78, 5) is 19.9. The Hall–Kier alpha value is -2.03. The molecule has 3 aromatic carbocycles. The van der Waals surface area contributed by atoms with E-state index < -0.39 is 14.2 Å². The maximum absolute atomic E-state index is 9.97. The van der Waals surface area contributed by atoms with E-state index in [1.807, 2.05) is 66.7 Å². The molecule has 3 rings (SSSR count). The Kier molecular flexibility index (Phi) is 6.32. The number of nitrogens with one attached hydrogen (secondary N) is 1. The van der Waals surface area contributed by atoms with Crippen molar-refractivity contribution in [2.24, 2.45) is 0 Å². The topological polar surface area (TPSA) is 52.5 Å². The predicted molar refractivity (Wildman–Crippen MR) is 103 cm³/mol. The molecule has 128 valence electrons. The Morgan fingerprint density at radius 1 is 0.680 bits per heavy atom. The minimum atomic E-state index is -2.11. The standard InChI is InChI=1S/C21H22NO2P/c23-25(24)20(16-17-10-4-1-5-11-17)22-21(18-12-6-2-7-13-18)19-14-8-3-9-15-19/h1-15,20-24H,16H2. The Morgan fingerprint density at radius 3 is 1.56 bits per heavy atom. The molecule has 0 fully saturated rings. The van der Waals surface area contributed by atoms with Gasteiger partial charge in [0.2, 0.25) is 0 Å². The lowest BCUT2D eigenvalue weighted by Crippen LogP contribution is -2.34. The monoisotopic (exact) mass is 351 g/mol. The molecule has 0 radical (unpaired) electrons. The summed E-state index contributed by atoms with van der Waals surface area (Å²) in [6.07, 6.45) is 0.565. The van der Waals surface area contributed by atoms with Gasteiger partial charge in [-0.1, -0.05) is 91.0 Å². The highest BCUT2D eigenvalue weighted by atomic mass is 31.2. The molecule has 3 aromatic rings. The van der Waals surface area contributed by atoms with E-state index in [9.17, 15) is 9.79 Å². The molecule has 25 heavy (non-hydrogen) atoms. The van der Waals surface area contributed by atoms with E-state index in [0.29, 0.717) is 6.42 Å². The lowest BCUT2D eigenvalue weighted by Gasteiger charge is -2.27. The second-order valence-corrected chi connectivity index (χ2v) is 7.21. The first-order valence-electron chi connectivity index (χ1n) is 8.31. The fourth-order valence-corrected chi connectivity index (χ4v) is 3.57. The van der Waals surface area contributed by atoms with Gasteiger partial charge >= 0.3 is 0 Å². The van der Waals surface area contributed by atoms with E-state index in [1.54, 1.807) is 0 Å². The minimum absolute atomic E-state index is 0.0968. The van der Waals surface area contributed by atoms with Crippen molar-refractivity contribution in [3.8, 4) is 0 Å². The van der Waals surface area contributed by atoms with Gasteiger partial charge in [0, 0.05) is 0 Å². The molecule has 0 amide bonds. The van der Waals surface area contributed by atoms with E-state index in [-0.39, 0.29) is 6.04 Å². The van der Waals surface area contributed by atoms with Crippen molar-refractivity contribution < 1.29 is 9.79 Å². The van der Waals surface area contributed by atoms with Gasteiger partial charge in [0.1, 0.15) is 0 Å². The molecule has 0 aromatic heterocycles. The van der Waals surface area contributed by atoms with Gasteiger partial charge in [-0.05, 0) is 23.1 Å². The van der Waals surface area contributed by atoms with Crippen molar-refractivity contribution in [2.45, 2.75) is 18.2 Å². The van der Waals surface area contributed by atoms with E-state index in [0.717, 1.165) is 16.7 Å². The second-order valence-electron chi connectivity index (χ2n) is 5.95. The minimum Gasteiger partial charge on any atom is -0.349 e. The Bertz CT molecular complexity index is 711. The molecular weight excluding hydrogens is 329 g/mol. The molecule has 3 N–H and O–H groups in total. The molecule has 0 saturated heterocycles. The summed E-state index contributed by atoms with van der Waals surface area (Å²) >= 11 is 0. The fourth-order valence-electron chi connectivity index (χ4n) is 2.91. The van der Waals surface area contributed by atoms with Crippen LogP contribution in [0.3, 0.4) is 0 Å². The highest BCUT2D eigenvalue weighted by Gasteiger charge is 2.24. The molecule has 0 aliphatic heterocycles. The highest BCUT2D eigenvalue weighted by Crippen LogP contribution is 2.35. The van der Waals surface area contributed by atoms with Crippen molar-refractivity contribution in [3.05, 3.63) is 108 Å². The van der Waals surface area contributed by atoms with Gasteiger partial charge in [-0.25, -0.2) is 0 Å². The summed E-state index contributed by atoms with van der Waals surface area (Å²) in [6.45, 7) is 0. The molecule has 1 atom stereocenters. The Balaban J connectivity index is 1.87. The fraction of sp³-hybridized carbons (Fsp3) is 0.143. The van der Waals surface area contributed by atoms with Gasteiger partial charge in [-0.3, -0.25) is 5.32 Å². The van der Waals surface area contributed by atoms with Gasteiger partial charge < -0.3 is 9.79 Å². The van der Waals surface area contributed by atoms with E-state index in [1.165, 1.54) is 0 Å². The molecule has 0 saturated carbocycles. The normalized spacial score (nSPS) is 12.5. The van der Waals surface area contributed by atoms with Crippen LogP contribution in [0.25, 0.3) is 0 Å². The maximum Gasteiger partial charge on any atom is 0.183 e. The first-order chi connectivity index (χ1) is 12.2. The third kappa shape index (κ3) is 4.97. The summed E-state index contributed by atoms with van der Waals surface area (Å²) in [5.74, 6) is -0.414. The largest absolute Gasteiger partial charge is 0.349 e. The van der Waals surface area contributed by atoms with Crippen LogP contribution >= 0.6 is 8.38 Å². The predicted octanol–water partition coefficient (Wildman–Crippen LogP) is 4.23. The first-order valence-corrected chi connectivity index (χ1v) is 9.62. The summed E-state index contributed by atoms with van der Waals surface area (Å²) < 4.78 is 0. The van der Waals surface area contributed by atoms with Crippen LogP contribution in [0, 0.1) is 0 Å². The van der Waals surface area contributed by atoms with E-state index in [4.69, 9.17) is 0 Å². The quantitative estimate of drug-likeness (QED) is 0.558. The van der Waals surface area contributed by atoms with E-state index >= 15 is 0 Å². The van der Waals surface area contributed by atoms with Gasteiger partial charge in [0.15, 0.2) is 8.38 Å². The van der Waals surface area contributed by atoms with Gasteiger partial charge in [-0.15, -0.1) is 0 Å². The van der Waals surface area contributed by atoms with Crippen molar-refractivity contribution in [1.29, 1.82) is 0 Å². The molecule has 0 bridgehead atoms. The molecule has 4 heteroatoms. The molecule has 0 aliphatic rings. The second kappa shape index (κ2) is 8.89. The summed E-state index contributed by atoms with van der Waals surface area (Å²) in [6, 6.07) is 30.0. The van der Waals surface area contributed by atoms with Crippen LogP contribution < -0.4 is 5.32 Å². The lowest BCUT2D eigenvalue weighted by molar-refractivity contribution is 0.432. The Morgan fingerprint density at radius 2 is 1.12 bits per heavy atom. The Labute approximate surface area is 149 Å². The van der Waals surface area contributed by atoms with Crippen molar-refractivity contribution in [3.63, 3.8) is 0 Å². The SMILES string of the molecule is OP(O)C(Cc1ccccc1)NC(c1ccccc1)c1ccccc1. The van der Waals surface area contributed by atoms with Gasteiger partial charge in [0.05, 0.1) is 11.8 Å². The average molecular weight is 351 g/mol. The molecule has 0 spiro atoms. The van der Waals surface area contributed by atoms with Crippen LogP contribution in [0.4, 0.5) is 0 Å². The molecular formula is C21H22NO2P. The van der Waals surface area contributed by atoms with Crippen LogP contribution in [-0.2, 0) is 6.42 Å². The zero-order valence-electron chi connectivity index (χ0n) is 13.9. The smallest absolute Gasteiger partial charge is 0.183 e. The molecule has 1 unspecified atom stereocenters. The molecule has 3 nitrogen and oxygen atoms in total. The van der Waals surface area contributed by atoms with Crippen LogP contribution in [0.5, 0.6) is 0 Å². The third-order valence-corrected chi connectivity index (χ3v) is 5.06. The van der Waals surface area contributed by atoms with Gasteiger partial charge in [-0.2, -0.15) is 0 Å². The van der Waals surface area contributed by atoms with Crippen LogP contribution in [0.15, 0.2) is 91.0 Å². The number of rotatable bonds is 7. The highest BCUT2D eigenvalue weighted by molar-refractivity contribution is 7.45. The average Bonchev–Trinajstić information content (AvgIpc) is 2.67. The van der Waals surface area contributed by atoms with Gasteiger partial charge in [0.25, 0.3) is 0 Å². The summed E-state index contributed by atoms with van der Waals surface area (Å²) in [7, 11) is -2.11. The van der Waals surface area contributed by atoms with Crippen LogP contribution in [0.2, 0.25) is 0 Å². The van der Waals surface area contributed by atoms with Crippen LogP contribution in [0.1, 0.15) is 22.7 Å². The zero-order chi connectivity index (χ0) is 17.5. The zero-order valence-corrected chi connectivity index (χ0v) is 14.8. The van der Waals surface area contributed by atoms with Crippen molar-refractivity contribution in [1.82, 2.24) is 5.32 Å². The van der Waals surface area contributed by atoms with E-state index in [2.05, 4.69) is 29.6 Å². The number of benzene rings is 3. The molecule has 0 aliphatic carbocycles. The summed E-state index contributed by atoms with van der Waals surface area (Å²) in [5, 5.41) is 3.46. The summed E-state index contributed by atoms with van der Waals surface area (Å²) in [5.41, 5.74) is 3.28. The number of hydrogen-bond donors (Lipinski definition) is 3. The van der Waals surface area contributed by atoms with Crippen molar-refractivity contribution in [2.75, 3.05) is 0 Å². The number of hydrogen-bond acceptors (Lipinski definition) is 3. The lowest BCUT2D eigenvalue weighted by atomic mass is 9.98.